The highest BCUT2D eigenvalue weighted by Crippen LogP contribution is 2.21. The van der Waals surface area contributed by atoms with Gasteiger partial charge in [-0.1, -0.05) is 20.8 Å². The summed E-state index contributed by atoms with van der Waals surface area (Å²) < 4.78 is 0. The van der Waals surface area contributed by atoms with Crippen molar-refractivity contribution in [2.24, 2.45) is 5.92 Å². The molecule has 1 heterocycles. The Labute approximate surface area is 75.6 Å². The Bertz CT molecular complexity index is 136. The van der Waals surface area contributed by atoms with Crippen LogP contribution in [0.25, 0.3) is 0 Å². The predicted octanol–water partition coefficient (Wildman–Crippen LogP) is 1.49. The summed E-state index contributed by atoms with van der Waals surface area (Å²) in [5.41, 5.74) is 0. The van der Waals surface area contributed by atoms with E-state index in [9.17, 15) is 5.11 Å². The summed E-state index contributed by atoms with van der Waals surface area (Å²) in [7, 11) is 0. The molecule has 0 radical (unpaired) electrons. The molecule has 1 fully saturated rings. The molecule has 1 rings (SSSR count). The minimum Gasteiger partial charge on any atom is -0.392 e. The van der Waals surface area contributed by atoms with E-state index >= 15 is 0 Å². The highest BCUT2D eigenvalue weighted by atomic mass is 16.3. The van der Waals surface area contributed by atoms with Crippen LogP contribution >= 0.6 is 0 Å². The Morgan fingerprint density at radius 3 is 2.67 bits per heavy atom. The Balaban J connectivity index is 2.40. The number of aliphatic hydroxyl groups is 1. The smallest absolute Gasteiger partial charge is 0.0682 e. The van der Waals surface area contributed by atoms with Crippen molar-refractivity contribution < 1.29 is 5.11 Å². The molecule has 0 unspecified atom stereocenters. The number of likely N-dealkylation sites (tertiary alicyclic amines) is 1. The van der Waals surface area contributed by atoms with Gasteiger partial charge in [-0.05, 0) is 18.8 Å². The first-order valence-electron chi connectivity index (χ1n) is 5.05. The maximum Gasteiger partial charge on any atom is 0.0682 e. The molecule has 0 aromatic rings. The SMILES string of the molecule is CC[C@H]1C[C@H](O)CN1CC(C)C. The van der Waals surface area contributed by atoms with E-state index in [1.807, 2.05) is 0 Å². The van der Waals surface area contributed by atoms with Crippen LogP contribution in [0.5, 0.6) is 0 Å². The fraction of sp³-hybridized carbons (Fsp3) is 1.00. The van der Waals surface area contributed by atoms with Gasteiger partial charge in [0.25, 0.3) is 0 Å². The summed E-state index contributed by atoms with van der Waals surface area (Å²) in [5, 5.41) is 9.47. The van der Waals surface area contributed by atoms with Gasteiger partial charge >= 0.3 is 0 Å². The molecule has 2 nitrogen and oxygen atoms in total. The van der Waals surface area contributed by atoms with E-state index in [1.165, 1.54) is 6.42 Å². The van der Waals surface area contributed by atoms with Gasteiger partial charge in [0.2, 0.25) is 0 Å². The van der Waals surface area contributed by atoms with E-state index in [0.29, 0.717) is 12.0 Å². The van der Waals surface area contributed by atoms with Crippen LogP contribution in [0.1, 0.15) is 33.6 Å². The van der Waals surface area contributed by atoms with Crippen LogP contribution in [0, 0.1) is 5.92 Å². The lowest BCUT2D eigenvalue weighted by Gasteiger charge is -2.24. The van der Waals surface area contributed by atoms with Gasteiger partial charge in [-0.15, -0.1) is 0 Å². The van der Waals surface area contributed by atoms with Gasteiger partial charge in [0.15, 0.2) is 0 Å². The van der Waals surface area contributed by atoms with Gasteiger partial charge in [-0.2, -0.15) is 0 Å². The molecule has 0 aromatic carbocycles. The monoisotopic (exact) mass is 171 g/mol. The zero-order valence-electron chi connectivity index (χ0n) is 8.45. The number of aliphatic hydroxyl groups excluding tert-OH is 1. The maximum atomic E-state index is 9.47. The van der Waals surface area contributed by atoms with Crippen molar-refractivity contribution in [3.63, 3.8) is 0 Å². The van der Waals surface area contributed by atoms with Gasteiger partial charge in [0.05, 0.1) is 6.10 Å². The van der Waals surface area contributed by atoms with Gasteiger partial charge in [-0.3, -0.25) is 4.90 Å². The fourth-order valence-electron chi connectivity index (χ4n) is 2.07. The summed E-state index contributed by atoms with van der Waals surface area (Å²) in [5.74, 6) is 0.712. The molecule has 1 aliphatic heterocycles. The maximum absolute atomic E-state index is 9.47. The number of β-amino-alcohol motifs (C(OH)–C–C–N with tert-alkyl or cyclic N) is 1. The third-order valence-electron chi connectivity index (χ3n) is 2.58. The number of rotatable bonds is 3. The highest BCUT2D eigenvalue weighted by molar-refractivity contribution is 4.84. The molecular weight excluding hydrogens is 150 g/mol. The van der Waals surface area contributed by atoms with Crippen LogP contribution in [0.15, 0.2) is 0 Å². The summed E-state index contributed by atoms with van der Waals surface area (Å²) >= 11 is 0. The molecule has 1 N–H and O–H groups in total. The Kier molecular flexibility index (Phi) is 3.53. The van der Waals surface area contributed by atoms with Crippen molar-refractivity contribution in [3.8, 4) is 0 Å². The molecule has 2 heteroatoms. The average Bonchev–Trinajstić information content (AvgIpc) is 2.29. The standard InChI is InChI=1S/C10H21NO/c1-4-9-5-10(12)7-11(9)6-8(2)3/h8-10,12H,4-7H2,1-3H3/t9-,10-/m0/s1. The molecule has 0 amide bonds. The second-order valence-corrected chi connectivity index (χ2v) is 4.30. The van der Waals surface area contributed by atoms with Crippen LogP contribution in [-0.4, -0.2) is 35.2 Å². The van der Waals surface area contributed by atoms with Crippen molar-refractivity contribution in [2.45, 2.75) is 45.8 Å². The summed E-state index contributed by atoms with van der Waals surface area (Å²) in [6.07, 6.45) is 2.07. The molecule has 72 valence electrons. The van der Waals surface area contributed by atoms with Crippen molar-refractivity contribution in [1.29, 1.82) is 0 Å². The Morgan fingerprint density at radius 1 is 1.50 bits per heavy atom. The first kappa shape index (κ1) is 10.0. The molecule has 12 heavy (non-hydrogen) atoms. The Morgan fingerprint density at radius 2 is 2.17 bits per heavy atom. The van der Waals surface area contributed by atoms with Crippen LogP contribution in [0.3, 0.4) is 0 Å². The van der Waals surface area contributed by atoms with E-state index < -0.39 is 0 Å². The van der Waals surface area contributed by atoms with Gasteiger partial charge in [-0.25, -0.2) is 0 Å². The zero-order chi connectivity index (χ0) is 9.14. The average molecular weight is 171 g/mol. The van der Waals surface area contributed by atoms with Crippen molar-refractivity contribution in [3.05, 3.63) is 0 Å². The molecule has 0 bridgehead atoms. The molecule has 1 saturated heterocycles. The van der Waals surface area contributed by atoms with E-state index in [0.717, 1.165) is 19.5 Å². The van der Waals surface area contributed by atoms with Crippen molar-refractivity contribution >= 4 is 0 Å². The fourth-order valence-corrected chi connectivity index (χ4v) is 2.07. The molecule has 2 atom stereocenters. The van der Waals surface area contributed by atoms with Crippen LogP contribution in [0.4, 0.5) is 0 Å². The van der Waals surface area contributed by atoms with E-state index in [2.05, 4.69) is 25.7 Å². The first-order chi connectivity index (χ1) is 5.63. The molecule has 0 saturated carbocycles. The van der Waals surface area contributed by atoms with Gasteiger partial charge < -0.3 is 5.11 Å². The number of nitrogens with zero attached hydrogens (tertiary/aromatic N) is 1. The van der Waals surface area contributed by atoms with Crippen molar-refractivity contribution in [1.82, 2.24) is 4.90 Å². The second kappa shape index (κ2) is 4.24. The molecule has 0 aliphatic carbocycles. The van der Waals surface area contributed by atoms with E-state index in [4.69, 9.17) is 0 Å². The lowest BCUT2D eigenvalue weighted by atomic mass is 10.1. The van der Waals surface area contributed by atoms with Gasteiger partial charge in [0.1, 0.15) is 0 Å². The molecule has 0 aromatic heterocycles. The predicted molar refractivity (Wildman–Crippen MR) is 51.1 cm³/mol. The minimum absolute atomic E-state index is 0.0753. The lowest BCUT2D eigenvalue weighted by molar-refractivity contribution is 0.168. The summed E-state index contributed by atoms with van der Waals surface area (Å²) in [6.45, 7) is 8.69. The minimum atomic E-state index is -0.0753. The van der Waals surface area contributed by atoms with Crippen LogP contribution < -0.4 is 0 Å². The molecule has 0 spiro atoms. The van der Waals surface area contributed by atoms with E-state index in [1.54, 1.807) is 0 Å². The number of hydrogen-bond acceptors (Lipinski definition) is 2. The van der Waals surface area contributed by atoms with Crippen molar-refractivity contribution in [2.75, 3.05) is 13.1 Å². The van der Waals surface area contributed by atoms with Gasteiger partial charge in [0, 0.05) is 19.1 Å². The van der Waals surface area contributed by atoms with Crippen LogP contribution in [0.2, 0.25) is 0 Å². The Hall–Kier alpha value is -0.0800. The first-order valence-corrected chi connectivity index (χ1v) is 5.05. The number of hydrogen-bond donors (Lipinski definition) is 1. The quantitative estimate of drug-likeness (QED) is 0.695. The molecule has 1 aliphatic rings. The summed E-state index contributed by atoms with van der Waals surface area (Å²) in [6, 6.07) is 0.627. The third kappa shape index (κ3) is 2.46. The topological polar surface area (TPSA) is 23.5 Å². The summed E-state index contributed by atoms with van der Waals surface area (Å²) in [4.78, 5) is 2.43. The van der Waals surface area contributed by atoms with E-state index in [-0.39, 0.29) is 6.10 Å². The zero-order valence-corrected chi connectivity index (χ0v) is 8.45. The molecular formula is C10H21NO. The largest absolute Gasteiger partial charge is 0.392 e. The second-order valence-electron chi connectivity index (χ2n) is 4.30. The van der Waals surface area contributed by atoms with Crippen LogP contribution in [-0.2, 0) is 0 Å². The lowest BCUT2D eigenvalue weighted by Crippen LogP contribution is -2.32. The third-order valence-corrected chi connectivity index (χ3v) is 2.58. The normalized spacial score (nSPS) is 31.8. The highest BCUT2D eigenvalue weighted by Gasteiger charge is 2.29.